The predicted octanol–water partition coefficient (Wildman–Crippen LogP) is 4.19. The molecule has 4 rings (SSSR count). The molecule has 0 unspecified atom stereocenters. The first-order valence-corrected chi connectivity index (χ1v) is 12.1. The van der Waals surface area contributed by atoms with E-state index < -0.39 is 5.60 Å². The van der Waals surface area contributed by atoms with Crippen molar-refractivity contribution < 1.29 is 9.53 Å². The number of likely N-dealkylation sites (N-methyl/N-ethyl adjacent to an activating group) is 1. The molecule has 33 heavy (non-hydrogen) atoms. The Labute approximate surface area is 202 Å². The van der Waals surface area contributed by atoms with E-state index in [9.17, 15) is 4.79 Å². The van der Waals surface area contributed by atoms with Gasteiger partial charge in [-0.05, 0) is 73.4 Å². The number of carbonyl (C=O) groups is 1. The number of aromatic nitrogens is 3. The van der Waals surface area contributed by atoms with Crippen LogP contribution in [-0.2, 0) is 4.79 Å². The van der Waals surface area contributed by atoms with E-state index >= 15 is 0 Å². The SMILES string of the molecule is CCN1CCC(Nc2c(Br)cnc3nc(-c4ccc(OC(C)(C)C(=O)NC)cc4)[nH]c23)CC1. The van der Waals surface area contributed by atoms with Crippen LogP contribution in [-0.4, -0.2) is 64.1 Å². The van der Waals surface area contributed by atoms with Gasteiger partial charge < -0.3 is 25.3 Å². The van der Waals surface area contributed by atoms with Crippen LogP contribution in [0, 0.1) is 0 Å². The predicted molar refractivity (Wildman–Crippen MR) is 135 cm³/mol. The Morgan fingerprint density at radius 2 is 1.97 bits per heavy atom. The third-order valence-electron chi connectivity index (χ3n) is 6.13. The highest BCUT2D eigenvalue weighted by Crippen LogP contribution is 2.33. The smallest absolute Gasteiger partial charge is 0.263 e. The number of H-pyrrole nitrogens is 1. The Kier molecular flexibility index (Phi) is 6.90. The zero-order chi connectivity index (χ0) is 23.6. The summed E-state index contributed by atoms with van der Waals surface area (Å²) >= 11 is 3.66. The molecule has 3 N–H and O–H groups in total. The third-order valence-corrected chi connectivity index (χ3v) is 6.73. The lowest BCUT2D eigenvalue weighted by atomic mass is 10.0. The first-order valence-electron chi connectivity index (χ1n) is 11.4. The number of hydrogen-bond acceptors (Lipinski definition) is 6. The number of carbonyl (C=O) groups excluding carboxylic acids is 1. The minimum Gasteiger partial charge on any atom is -0.478 e. The normalized spacial score (nSPS) is 15.5. The largest absolute Gasteiger partial charge is 0.478 e. The number of rotatable bonds is 7. The molecular weight excluding hydrogens is 484 g/mol. The average Bonchev–Trinajstić information content (AvgIpc) is 3.25. The number of nitrogens with zero attached hydrogens (tertiary/aromatic N) is 3. The van der Waals surface area contributed by atoms with Crippen molar-refractivity contribution in [2.24, 2.45) is 0 Å². The van der Waals surface area contributed by atoms with Crippen molar-refractivity contribution in [1.82, 2.24) is 25.2 Å². The first-order chi connectivity index (χ1) is 15.8. The molecule has 0 bridgehead atoms. The van der Waals surface area contributed by atoms with Crippen LogP contribution in [0.5, 0.6) is 5.75 Å². The molecule has 1 aliphatic rings. The minimum absolute atomic E-state index is 0.180. The molecule has 0 radical (unpaired) electrons. The first kappa shape index (κ1) is 23.5. The fourth-order valence-electron chi connectivity index (χ4n) is 4.13. The molecule has 0 aliphatic carbocycles. The Bertz CT molecular complexity index is 1120. The van der Waals surface area contributed by atoms with Crippen molar-refractivity contribution in [2.75, 3.05) is 32.0 Å². The second-order valence-electron chi connectivity index (χ2n) is 8.83. The number of fused-ring (bicyclic) bond motifs is 1. The van der Waals surface area contributed by atoms with Crippen molar-refractivity contribution >= 4 is 38.7 Å². The molecule has 8 nitrogen and oxygen atoms in total. The number of imidazole rings is 1. The molecule has 3 heterocycles. The lowest BCUT2D eigenvalue weighted by Crippen LogP contribution is -2.45. The lowest BCUT2D eigenvalue weighted by Gasteiger charge is -2.32. The number of benzene rings is 1. The fourth-order valence-corrected chi connectivity index (χ4v) is 4.55. The van der Waals surface area contributed by atoms with E-state index in [0.717, 1.165) is 59.5 Å². The topological polar surface area (TPSA) is 95.2 Å². The van der Waals surface area contributed by atoms with Crippen LogP contribution in [0.1, 0.15) is 33.6 Å². The molecule has 0 atom stereocenters. The maximum Gasteiger partial charge on any atom is 0.263 e. The summed E-state index contributed by atoms with van der Waals surface area (Å²) in [6, 6.07) is 7.96. The fraction of sp³-hybridized carbons (Fsp3) is 0.458. The molecular formula is C24H31BrN6O2. The van der Waals surface area contributed by atoms with Gasteiger partial charge in [0.25, 0.3) is 5.91 Å². The van der Waals surface area contributed by atoms with E-state index in [1.165, 1.54) is 0 Å². The van der Waals surface area contributed by atoms with Crippen LogP contribution in [0.4, 0.5) is 5.69 Å². The molecule has 1 amide bonds. The number of amides is 1. The summed E-state index contributed by atoms with van der Waals surface area (Å²) in [5.74, 6) is 1.17. The Hall–Kier alpha value is -2.65. The highest BCUT2D eigenvalue weighted by Gasteiger charge is 2.28. The number of ether oxygens (including phenoxy) is 1. The zero-order valence-corrected chi connectivity index (χ0v) is 21.1. The summed E-state index contributed by atoms with van der Waals surface area (Å²) in [5, 5.41) is 6.33. The number of nitrogens with one attached hydrogen (secondary N) is 3. The van der Waals surface area contributed by atoms with Gasteiger partial charge in [0.05, 0.1) is 10.2 Å². The molecule has 0 spiro atoms. The number of hydrogen-bond donors (Lipinski definition) is 3. The molecule has 1 aromatic carbocycles. The lowest BCUT2D eigenvalue weighted by molar-refractivity contribution is -0.133. The minimum atomic E-state index is -0.959. The Morgan fingerprint density at radius 3 is 2.61 bits per heavy atom. The van der Waals surface area contributed by atoms with E-state index in [2.05, 4.69) is 48.4 Å². The van der Waals surface area contributed by atoms with E-state index in [1.54, 1.807) is 27.1 Å². The van der Waals surface area contributed by atoms with Crippen molar-refractivity contribution in [3.05, 3.63) is 34.9 Å². The van der Waals surface area contributed by atoms with E-state index in [4.69, 9.17) is 9.72 Å². The second-order valence-corrected chi connectivity index (χ2v) is 9.69. The van der Waals surface area contributed by atoms with Crippen LogP contribution in [0.2, 0.25) is 0 Å². The summed E-state index contributed by atoms with van der Waals surface area (Å²) in [4.78, 5) is 27.1. The molecule has 1 fully saturated rings. The van der Waals surface area contributed by atoms with Gasteiger partial charge in [-0.2, -0.15) is 0 Å². The van der Waals surface area contributed by atoms with Gasteiger partial charge in [0.2, 0.25) is 0 Å². The molecule has 1 aliphatic heterocycles. The summed E-state index contributed by atoms with van der Waals surface area (Å²) in [6.07, 6.45) is 4.02. The maximum atomic E-state index is 12.0. The van der Waals surface area contributed by atoms with Gasteiger partial charge in [-0.15, -0.1) is 0 Å². The number of halogens is 1. The van der Waals surface area contributed by atoms with Crippen LogP contribution >= 0.6 is 15.9 Å². The van der Waals surface area contributed by atoms with Crippen molar-refractivity contribution in [2.45, 2.75) is 45.3 Å². The van der Waals surface area contributed by atoms with Gasteiger partial charge in [0, 0.05) is 37.9 Å². The van der Waals surface area contributed by atoms with Crippen LogP contribution in [0.15, 0.2) is 34.9 Å². The van der Waals surface area contributed by atoms with Gasteiger partial charge >= 0.3 is 0 Å². The molecule has 9 heteroatoms. The van der Waals surface area contributed by atoms with Crippen molar-refractivity contribution in [3.63, 3.8) is 0 Å². The standard InChI is InChI=1S/C24H31BrN6O2/c1-5-31-12-10-16(11-13-31)28-19-18(25)14-27-22-20(19)29-21(30-22)15-6-8-17(9-7-15)33-24(2,3)23(32)26-4/h6-9,14,16H,5,10-13H2,1-4H3,(H,26,32)(H2,27,28,29,30). The highest BCUT2D eigenvalue weighted by molar-refractivity contribution is 9.10. The van der Waals surface area contributed by atoms with Crippen LogP contribution < -0.4 is 15.4 Å². The molecule has 1 saturated heterocycles. The van der Waals surface area contributed by atoms with Crippen molar-refractivity contribution in [3.8, 4) is 17.1 Å². The summed E-state index contributed by atoms with van der Waals surface area (Å²) in [5.41, 5.74) is 2.51. The average molecular weight is 515 g/mol. The molecule has 3 aromatic rings. The van der Waals surface area contributed by atoms with Gasteiger partial charge in [-0.1, -0.05) is 6.92 Å². The summed E-state index contributed by atoms with van der Waals surface area (Å²) in [6.45, 7) is 9.02. The van der Waals surface area contributed by atoms with Gasteiger partial charge in [-0.25, -0.2) is 9.97 Å². The number of pyridine rings is 1. The number of likely N-dealkylation sites (tertiary alicyclic amines) is 1. The second kappa shape index (κ2) is 9.69. The Morgan fingerprint density at radius 1 is 1.27 bits per heavy atom. The van der Waals surface area contributed by atoms with Gasteiger partial charge in [0.15, 0.2) is 11.2 Å². The van der Waals surface area contributed by atoms with E-state index in [-0.39, 0.29) is 5.91 Å². The number of aromatic amines is 1. The quantitative estimate of drug-likeness (QED) is 0.437. The molecule has 176 valence electrons. The zero-order valence-electron chi connectivity index (χ0n) is 19.5. The van der Waals surface area contributed by atoms with Gasteiger partial charge in [-0.3, -0.25) is 4.79 Å². The molecule has 0 saturated carbocycles. The molecule has 2 aromatic heterocycles. The monoisotopic (exact) mass is 514 g/mol. The maximum absolute atomic E-state index is 12.0. The highest BCUT2D eigenvalue weighted by atomic mass is 79.9. The summed E-state index contributed by atoms with van der Waals surface area (Å²) < 4.78 is 6.78. The van der Waals surface area contributed by atoms with E-state index in [1.807, 2.05) is 24.3 Å². The third kappa shape index (κ3) is 5.14. The van der Waals surface area contributed by atoms with Gasteiger partial charge in [0.1, 0.15) is 17.1 Å². The number of anilines is 1. The van der Waals surface area contributed by atoms with Crippen LogP contribution in [0.25, 0.3) is 22.6 Å². The van der Waals surface area contributed by atoms with Crippen LogP contribution in [0.3, 0.4) is 0 Å². The van der Waals surface area contributed by atoms with Crippen molar-refractivity contribution in [1.29, 1.82) is 0 Å². The summed E-state index contributed by atoms with van der Waals surface area (Å²) in [7, 11) is 1.60. The van der Waals surface area contributed by atoms with E-state index in [0.29, 0.717) is 17.4 Å². The Balaban J connectivity index is 1.55. The number of piperidine rings is 1.